The van der Waals surface area contributed by atoms with Gasteiger partial charge in [-0.25, -0.2) is 4.98 Å². The van der Waals surface area contributed by atoms with Crippen LogP contribution in [0, 0.1) is 13.8 Å². The van der Waals surface area contributed by atoms with Crippen molar-refractivity contribution in [1.82, 2.24) is 19.7 Å². The van der Waals surface area contributed by atoms with Crippen molar-refractivity contribution in [2.45, 2.75) is 33.5 Å². The van der Waals surface area contributed by atoms with E-state index in [0.29, 0.717) is 17.2 Å². The fourth-order valence-electron chi connectivity index (χ4n) is 2.81. The number of aromatic nitrogens is 4. The Morgan fingerprint density at radius 2 is 1.77 bits per heavy atom. The van der Waals surface area contributed by atoms with E-state index in [1.807, 2.05) is 25.5 Å². The summed E-state index contributed by atoms with van der Waals surface area (Å²) in [6, 6.07) is 4.78. The molecule has 0 fully saturated rings. The second kappa shape index (κ2) is 6.78. The third-order valence-electron chi connectivity index (χ3n) is 4.06. The Balaban J connectivity index is 1.88. The third kappa shape index (κ3) is 3.54. The first-order valence-electron chi connectivity index (χ1n) is 8.10. The van der Waals surface area contributed by atoms with E-state index in [2.05, 4.69) is 20.4 Å². The number of nitrogens with zero attached hydrogens (tertiary/aromatic N) is 4. The second-order valence-electron chi connectivity index (χ2n) is 5.85. The van der Waals surface area contributed by atoms with E-state index in [9.17, 15) is 13.2 Å². The number of hydrogen-bond donors (Lipinski definition) is 1. The van der Waals surface area contributed by atoms with E-state index in [1.54, 1.807) is 6.20 Å². The fourth-order valence-corrected chi connectivity index (χ4v) is 2.81. The van der Waals surface area contributed by atoms with Crippen molar-refractivity contribution in [3.63, 3.8) is 0 Å². The van der Waals surface area contributed by atoms with Crippen LogP contribution in [0.2, 0.25) is 0 Å². The monoisotopic (exact) mass is 361 g/mol. The highest BCUT2D eigenvalue weighted by Crippen LogP contribution is 2.30. The topological polar surface area (TPSA) is 55.6 Å². The van der Waals surface area contributed by atoms with Gasteiger partial charge in [0.2, 0.25) is 0 Å². The average molecular weight is 361 g/mol. The molecule has 0 amide bonds. The van der Waals surface area contributed by atoms with E-state index in [-0.39, 0.29) is 0 Å². The lowest BCUT2D eigenvalue weighted by Crippen LogP contribution is -2.04. The summed E-state index contributed by atoms with van der Waals surface area (Å²) in [5.74, 6) is 0.449. The van der Waals surface area contributed by atoms with Crippen LogP contribution >= 0.6 is 0 Å². The smallest absolute Gasteiger partial charge is 0.339 e. The van der Waals surface area contributed by atoms with Crippen LogP contribution in [0.5, 0.6) is 0 Å². The zero-order chi connectivity index (χ0) is 18.9. The first-order chi connectivity index (χ1) is 12.3. The molecule has 0 spiro atoms. The van der Waals surface area contributed by atoms with Gasteiger partial charge in [0.1, 0.15) is 5.82 Å². The standard InChI is InChI=1S/C18H18F3N5/c1-4-26-12(3)17(11(2)25-26)15-9-22-10-16(24-15)23-14-7-5-13(6-8-14)18(19,20)21/h5-10H,4H2,1-3H3,(H,23,24). The molecule has 2 aromatic heterocycles. The minimum Gasteiger partial charge on any atom is -0.339 e. The Labute approximate surface area is 148 Å². The summed E-state index contributed by atoms with van der Waals surface area (Å²) in [5.41, 5.74) is 3.23. The van der Waals surface area contributed by atoms with Gasteiger partial charge >= 0.3 is 6.18 Å². The number of benzene rings is 1. The molecule has 0 bridgehead atoms. The van der Waals surface area contributed by atoms with Gasteiger partial charge in [0.15, 0.2) is 0 Å². The minimum absolute atomic E-state index is 0.449. The van der Waals surface area contributed by atoms with Crippen LogP contribution in [-0.2, 0) is 12.7 Å². The Kier molecular flexibility index (Phi) is 4.67. The molecule has 136 valence electrons. The van der Waals surface area contributed by atoms with Gasteiger partial charge in [0.25, 0.3) is 0 Å². The molecule has 0 saturated carbocycles. The number of rotatable bonds is 4. The highest BCUT2D eigenvalue weighted by molar-refractivity contribution is 5.66. The van der Waals surface area contributed by atoms with Gasteiger partial charge in [-0.15, -0.1) is 0 Å². The average Bonchev–Trinajstić information content (AvgIpc) is 2.88. The lowest BCUT2D eigenvalue weighted by molar-refractivity contribution is -0.137. The number of hydrogen-bond acceptors (Lipinski definition) is 4. The molecule has 8 heteroatoms. The number of alkyl halides is 3. The molecule has 5 nitrogen and oxygen atoms in total. The molecule has 1 N–H and O–H groups in total. The third-order valence-corrected chi connectivity index (χ3v) is 4.06. The molecule has 0 aliphatic heterocycles. The second-order valence-corrected chi connectivity index (χ2v) is 5.85. The van der Waals surface area contributed by atoms with Crippen LogP contribution in [0.1, 0.15) is 23.9 Å². The molecule has 0 atom stereocenters. The summed E-state index contributed by atoms with van der Waals surface area (Å²) >= 11 is 0. The zero-order valence-corrected chi connectivity index (χ0v) is 14.6. The fraction of sp³-hybridized carbons (Fsp3) is 0.278. The van der Waals surface area contributed by atoms with Crippen molar-refractivity contribution in [2.75, 3.05) is 5.32 Å². The Hall–Kier alpha value is -2.90. The summed E-state index contributed by atoms with van der Waals surface area (Å²) in [7, 11) is 0. The van der Waals surface area contributed by atoms with Crippen LogP contribution in [0.4, 0.5) is 24.7 Å². The van der Waals surface area contributed by atoms with Gasteiger partial charge in [-0.3, -0.25) is 9.67 Å². The largest absolute Gasteiger partial charge is 0.416 e. The predicted molar refractivity (Wildman–Crippen MR) is 93.1 cm³/mol. The summed E-state index contributed by atoms with van der Waals surface area (Å²) in [4.78, 5) is 8.72. The van der Waals surface area contributed by atoms with Crippen molar-refractivity contribution >= 4 is 11.5 Å². The molecule has 1 aromatic carbocycles. The lowest BCUT2D eigenvalue weighted by atomic mass is 10.1. The predicted octanol–water partition coefficient (Wildman–Crippen LogP) is 4.74. The maximum atomic E-state index is 12.6. The van der Waals surface area contributed by atoms with Crippen LogP contribution in [0.15, 0.2) is 36.7 Å². The summed E-state index contributed by atoms with van der Waals surface area (Å²) in [5, 5.41) is 7.46. The summed E-state index contributed by atoms with van der Waals surface area (Å²) in [6.45, 7) is 6.64. The van der Waals surface area contributed by atoms with E-state index < -0.39 is 11.7 Å². The number of anilines is 2. The number of halogens is 3. The van der Waals surface area contributed by atoms with E-state index in [0.717, 1.165) is 35.6 Å². The van der Waals surface area contributed by atoms with Gasteiger partial charge in [-0.1, -0.05) is 0 Å². The van der Waals surface area contributed by atoms with E-state index >= 15 is 0 Å². The maximum absolute atomic E-state index is 12.6. The van der Waals surface area contributed by atoms with Gasteiger partial charge < -0.3 is 5.32 Å². The first-order valence-corrected chi connectivity index (χ1v) is 8.10. The van der Waals surface area contributed by atoms with Crippen LogP contribution in [0.25, 0.3) is 11.3 Å². The molecule has 0 saturated heterocycles. The van der Waals surface area contributed by atoms with Crippen LogP contribution in [-0.4, -0.2) is 19.7 Å². The van der Waals surface area contributed by atoms with Gasteiger partial charge in [-0.05, 0) is 45.0 Å². The Morgan fingerprint density at radius 1 is 1.08 bits per heavy atom. The molecule has 3 rings (SSSR count). The van der Waals surface area contributed by atoms with Crippen molar-refractivity contribution in [3.05, 3.63) is 53.6 Å². The van der Waals surface area contributed by atoms with Crippen molar-refractivity contribution < 1.29 is 13.2 Å². The molecular formula is C18H18F3N5. The van der Waals surface area contributed by atoms with E-state index in [4.69, 9.17) is 0 Å². The van der Waals surface area contributed by atoms with E-state index in [1.165, 1.54) is 18.3 Å². The number of aryl methyl sites for hydroxylation is 2. The molecule has 26 heavy (non-hydrogen) atoms. The lowest BCUT2D eigenvalue weighted by Gasteiger charge is -2.10. The highest BCUT2D eigenvalue weighted by atomic mass is 19.4. The Morgan fingerprint density at radius 3 is 2.35 bits per heavy atom. The Bertz CT molecular complexity index is 914. The van der Waals surface area contributed by atoms with Crippen LogP contribution in [0.3, 0.4) is 0 Å². The maximum Gasteiger partial charge on any atom is 0.416 e. The molecule has 2 heterocycles. The summed E-state index contributed by atoms with van der Waals surface area (Å²) in [6.07, 6.45) is -1.18. The molecule has 0 unspecified atom stereocenters. The van der Waals surface area contributed by atoms with Crippen molar-refractivity contribution in [2.24, 2.45) is 0 Å². The van der Waals surface area contributed by atoms with Crippen LogP contribution < -0.4 is 5.32 Å². The van der Waals surface area contributed by atoms with Gasteiger partial charge in [-0.2, -0.15) is 18.3 Å². The zero-order valence-electron chi connectivity index (χ0n) is 14.6. The number of nitrogens with one attached hydrogen (secondary N) is 1. The summed E-state index contributed by atoms with van der Waals surface area (Å²) < 4.78 is 39.8. The molecular weight excluding hydrogens is 343 g/mol. The highest BCUT2D eigenvalue weighted by Gasteiger charge is 2.29. The molecule has 0 radical (unpaired) electrons. The first kappa shape index (κ1) is 17.9. The molecule has 3 aromatic rings. The minimum atomic E-state index is -4.35. The van der Waals surface area contributed by atoms with Crippen molar-refractivity contribution in [1.29, 1.82) is 0 Å². The van der Waals surface area contributed by atoms with Crippen molar-refractivity contribution in [3.8, 4) is 11.3 Å². The van der Waals surface area contributed by atoms with Gasteiger partial charge in [0.05, 0.1) is 29.3 Å². The van der Waals surface area contributed by atoms with Gasteiger partial charge in [0, 0.05) is 23.5 Å². The quantitative estimate of drug-likeness (QED) is 0.729. The normalized spacial score (nSPS) is 11.6. The SMILES string of the molecule is CCn1nc(C)c(-c2cncc(Nc3ccc(C(F)(F)F)cc3)n2)c1C. The molecule has 0 aliphatic carbocycles. The molecule has 0 aliphatic rings.